The van der Waals surface area contributed by atoms with E-state index >= 15 is 0 Å². The predicted molar refractivity (Wildman–Crippen MR) is 279 cm³/mol. The van der Waals surface area contributed by atoms with Gasteiger partial charge in [0.25, 0.3) is 0 Å². The van der Waals surface area contributed by atoms with Crippen LogP contribution in [-0.4, -0.2) is 7.28 Å². The lowest BCUT2D eigenvalue weighted by Crippen LogP contribution is -2.40. The van der Waals surface area contributed by atoms with E-state index in [1.807, 2.05) is 0 Å². The van der Waals surface area contributed by atoms with Crippen molar-refractivity contribution in [1.82, 2.24) is 0 Å². The van der Waals surface area contributed by atoms with Gasteiger partial charge in [0.2, 0.25) is 7.28 Å². The average Bonchev–Trinajstić information content (AvgIpc) is 3.95. The molecule has 2 aromatic heterocycles. The Bertz CT molecular complexity index is 3580. The molecule has 1 N–H and O–H groups in total. The normalized spacial score (nSPS) is 14.0. The van der Waals surface area contributed by atoms with Crippen molar-refractivity contribution in [3.63, 3.8) is 0 Å². The van der Waals surface area contributed by atoms with Gasteiger partial charge in [0, 0.05) is 44.1 Å². The summed E-state index contributed by atoms with van der Waals surface area (Å²) >= 11 is 0. The maximum Gasteiger partial charge on any atom is 0.203 e. The third-order valence-electron chi connectivity index (χ3n) is 14.2. The predicted octanol–water partition coefficient (Wildman–Crippen LogP) is 15.7. The number of hydrogen-bond acceptors (Lipinski definition) is 4. The van der Waals surface area contributed by atoms with Crippen LogP contribution in [0, 0.1) is 0 Å². The summed E-state index contributed by atoms with van der Waals surface area (Å²) in [5.41, 5.74) is 20.6. The number of nitrogens with one attached hydrogen (secondary N) is 1. The summed E-state index contributed by atoms with van der Waals surface area (Å²) in [4.78, 5) is 2.37. The number of rotatable bonds is 5. The molecule has 4 nitrogen and oxygen atoms in total. The van der Waals surface area contributed by atoms with Crippen LogP contribution in [0.1, 0.15) is 77.6 Å². The highest BCUT2D eigenvalue weighted by atomic mass is 16.4. The van der Waals surface area contributed by atoms with Crippen molar-refractivity contribution in [2.75, 3.05) is 10.2 Å². The minimum Gasteiger partial charge on any atom is -0.454 e. The van der Waals surface area contributed by atoms with Crippen LogP contribution >= 0.6 is 0 Å². The number of hydrogen-bond donors (Lipinski definition) is 1. The SMILES string of the molecule is CC(C)(C)c1ccc(Nc2ccc3c(c2-c2cc4c(oc5ccccc54)c4c2[B]c2c(oc5ccccc25)N4c2ccc(C(C)(C)C)cc2-c2ccccc2)C(C)(C)c2ccccc2-3)cc1. The molecule has 0 atom stereocenters. The fourth-order valence-electron chi connectivity index (χ4n) is 10.8. The third kappa shape index (κ3) is 6.13. The van der Waals surface area contributed by atoms with Crippen molar-refractivity contribution in [1.29, 1.82) is 0 Å². The van der Waals surface area contributed by atoms with Crippen molar-refractivity contribution in [3.05, 3.63) is 186 Å². The van der Waals surface area contributed by atoms with E-state index in [1.54, 1.807) is 0 Å². The van der Waals surface area contributed by atoms with Gasteiger partial charge in [-0.25, -0.2) is 0 Å². The van der Waals surface area contributed by atoms with Gasteiger partial charge in [0.15, 0.2) is 11.5 Å². The van der Waals surface area contributed by atoms with Crippen molar-refractivity contribution in [2.24, 2.45) is 0 Å². The molecule has 10 aromatic rings. The van der Waals surface area contributed by atoms with Gasteiger partial charge in [-0.05, 0) is 115 Å². The zero-order valence-electron chi connectivity index (χ0n) is 38.9. The molecule has 0 fully saturated rings. The molecule has 0 spiro atoms. The molecule has 321 valence electrons. The average molecular weight is 856 g/mol. The standard InChI is InChI=1S/C61H52BN2O2/c1-59(2,3)37-26-29-39(30-27-37)63-48-32-31-42-40-20-12-15-23-47(40)61(7,8)53(42)52(48)46-35-45-41-21-13-16-24-50(41)65-57(45)56-54(46)62-55-43-22-14-17-25-51(43)66-58(55)64(56)49-33-28-38(60(4,5)6)34-44(49)36-18-10-9-11-19-36/h9-35,63H,1-8H3. The van der Waals surface area contributed by atoms with Crippen LogP contribution in [0.15, 0.2) is 173 Å². The molecule has 1 aliphatic heterocycles. The van der Waals surface area contributed by atoms with E-state index in [0.717, 1.165) is 89.2 Å². The second-order valence-electron chi connectivity index (χ2n) is 20.8. The molecule has 8 aromatic carbocycles. The number of para-hydroxylation sites is 2. The Morgan fingerprint density at radius 1 is 0.530 bits per heavy atom. The summed E-state index contributed by atoms with van der Waals surface area (Å²) in [6.07, 6.45) is 0. The molecule has 3 heterocycles. The number of furan rings is 2. The maximum absolute atomic E-state index is 7.14. The molecule has 0 saturated carbocycles. The first-order valence-corrected chi connectivity index (χ1v) is 23.3. The number of anilines is 5. The Balaban J connectivity index is 1.22. The monoisotopic (exact) mass is 855 g/mol. The van der Waals surface area contributed by atoms with E-state index in [4.69, 9.17) is 8.83 Å². The van der Waals surface area contributed by atoms with E-state index in [1.165, 1.54) is 38.9 Å². The molecule has 1 radical (unpaired) electrons. The van der Waals surface area contributed by atoms with Crippen molar-refractivity contribution in [2.45, 2.75) is 71.6 Å². The lowest BCUT2D eigenvalue weighted by atomic mass is 9.58. The zero-order valence-corrected chi connectivity index (χ0v) is 38.9. The van der Waals surface area contributed by atoms with Crippen molar-refractivity contribution < 1.29 is 8.83 Å². The van der Waals surface area contributed by atoms with E-state index in [9.17, 15) is 0 Å². The summed E-state index contributed by atoms with van der Waals surface area (Å²) in [6, 6.07) is 59.6. The Morgan fingerprint density at radius 2 is 1.18 bits per heavy atom. The molecular formula is C61H52BN2O2. The molecule has 5 heteroatoms. The van der Waals surface area contributed by atoms with Crippen molar-refractivity contribution >= 4 is 79.7 Å². The highest BCUT2D eigenvalue weighted by Crippen LogP contribution is 2.56. The fraction of sp³-hybridized carbons (Fsp3) is 0.180. The van der Waals surface area contributed by atoms with Crippen LogP contribution in [0.25, 0.3) is 66.3 Å². The first-order chi connectivity index (χ1) is 31.8. The quantitative estimate of drug-likeness (QED) is 0.175. The molecule has 0 bridgehead atoms. The number of nitrogens with zero attached hydrogens (tertiary/aromatic N) is 1. The maximum atomic E-state index is 7.14. The minimum absolute atomic E-state index is 0.0418. The first kappa shape index (κ1) is 40.3. The van der Waals surface area contributed by atoms with Crippen LogP contribution in [-0.2, 0) is 16.2 Å². The second-order valence-corrected chi connectivity index (χ2v) is 20.8. The Morgan fingerprint density at radius 3 is 1.92 bits per heavy atom. The largest absolute Gasteiger partial charge is 0.454 e. The Labute approximate surface area is 388 Å². The van der Waals surface area contributed by atoms with Crippen molar-refractivity contribution in [3.8, 4) is 33.4 Å². The van der Waals surface area contributed by atoms with Gasteiger partial charge in [-0.15, -0.1) is 0 Å². The van der Waals surface area contributed by atoms with E-state index in [0.29, 0.717) is 0 Å². The molecule has 1 aliphatic carbocycles. The van der Waals surface area contributed by atoms with Gasteiger partial charge in [-0.3, -0.25) is 4.90 Å². The van der Waals surface area contributed by atoms with Gasteiger partial charge in [-0.2, -0.15) is 0 Å². The molecule has 12 rings (SSSR count). The second kappa shape index (κ2) is 14.4. The van der Waals surface area contributed by atoms with Gasteiger partial charge < -0.3 is 14.2 Å². The molecule has 66 heavy (non-hydrogen) atoms. The Kier molecular flexibility index (Phi) is 8.78. The number of fused-ring (bicyclic) bond motifs is 11. The summed E-state index contributed by atoms with van der Waals surface area (Å²) < 4.78 is 14.2. The van der Waals surface area contributed by atoms with Crippen LogP contribution in [0.2, 0.25) is 0 Å². The Hall–Kier alpha value is -7.24. The molecular weight excluding hydrogens is 803 g/mol. The van der Waals surface area contributed by atoms with Gasteiger partial charge in [-0.1, -0.05) is 171 Å². The van der Waals surface area contributed by atoms with Gasteiger partial charge in [0.1, 0.15) is 11.2 Å². The topological polar surface area (TPSA) is 41.6 Å². The van der Waals surface area contributed by atoms with Crippen LogP contribution in [0.5, 0.6) is 0 Å². The van der Waals surface area contributed by atoms with Crippen LogP contribution in [0.4, 0.5) is 28.6 Å². The minimum atomic E-state index is -0.319. The van der Waals surface area contributed by atoms with Gasteiger partial charge in [0.05, 0.1) is 11.4 Å². The fourth-order valence-corrected chi connectivity index (χ4v) is 10.8. The summed E-state index contributed by atoms with van der Waals surface area (Å²) in [5, 5.41) is 7.18. The molecule has 2 aliphatic rings. The van der Waals surface area contributed by atoms with E-state index in [-0.39, 0.29) is 16.2 Å². The summed E-state index contributed by atoms with van der Waals surface area (Å²) in [6.45, 7) is 18.4. The zero-order chi connectivity index (χ0) is 45.3. The molecule has 0 amide bonds. The van der Waals surface area contributed by atoms with Crippen LogP contribution in [0.3, 0.4) is 0 Å². The van der Waals surface area contributed by atoms with Gasteiger partial charge >= 0.3 is 0 Å². The lowest BCUT2D eigenvalue weighted by Gasteiger charge is -2.34. The lowest BCUT2D eigenvalue weighted by molar-refractivity contribution is 0.590. The smallest absolute Gasteiger partial charge is 0.203 e. The molecule has 0 unspecified atom stereocenters. The highest BCUT2D eigenvalue weighted by molar-refractivity contribution is 6.76. The third-order valence-corrected chi connectivity index (χ3v) is 14.2. The van der Waals surface area contributed by atoms with Crippen LogP contribution < -0.4 is 21.1 Å². The molecule has 0 saturated heterocycles. The number of benzene rings is 8. The summed E-state index contributed by atoms with van der Waals surface area (Å²) in [5.74, 6) is 0.770. The van der Waals surface area contributed by atoms with E-state index in [2.05, 4.69) is 237 Å². The first-order valence-electron chi connectivity index (χ1n) is 23.3. The van der Waals surface area contributed by atoms with E-state index < -0.39 is 0 Å². The summed E-state index contributed by atoms with van der Waals surface area (Å²) in [7, 11) is 2.37. The highest BCUT2D eigenvalue weighted by Gasteiger charge is 2.42.